The van der Waals surface area contributed by atoms with E-state index in [1.54, 1.807) is 0 Å². The van der Waals surface area contributed by atoms with Crippen LogP contribution in [0.5, 0.6) is 0 Å². The number of rotatable bonds is 4. The second kappa shape index (κ2) is 6.80. The largest absolute Gasteiger partial charge is 0.354 e. The number of aromatic amines is 1. The van der Waals surface area contributed by atoms with Gasteiger partial charge in [-0.15, -0.1) is 0 Å². The average Bonchev–Trinajstić information content (AvgIpc) is 3.01. The molecule has 26 heavy (non-hydrogen) atoms. The van der Waals surface area contributed by atoms with Gasteiger partial charge in [0.2, 0.25) is 5.95 Å². The highest BCUT2D eigenvalue weighted by molar-refractivity contribution is 6.05. The van der Waals surface area contributed by atoms with Gasteiger partial charge < -0.3 is 4.98 Å². The van der Waals surface area contributed by atoms with E-state index in [0.717, 1.165) is 39.1 Å². The monoisotopic (exact) mass is 341 g/mol. The molecule has 5 heteroatoms. The number of nitrogens with one attached hydrogen (secondary N) is 2. The summed E-state index contributed by atoms with van der Waals surface area (Å²) in [6.07, 6.45) is 1.82. The minimum absolute atomic E-state index is 0.500. The van der Waals surface area contributed by atoms with Gasteiger partial charge in [-0.3, -0.25) is 0 Å². The van der Waals surface area contributed by atoms with Crippen molar-refractivity contribution in [2.24, 2.45) is 5.10 Å². The van der Waals surface area contributed by atoms with Gasteiger partial charge in [0.1, 0.15) is 0 Å². The van der Waals surface area contributed by atoms with Crippen LogP contribution in [0.3, 0.4) is 0 Å². The lowest BCUT2D eigenvalue weighted by Gasteiger charge is -2.03. The number of hydrogen-bond donors (Lipinski definition) is 2. The Morgan fingerprint density at radius 1 is 0.923 bits per heavy atom. The molecule has 0 amide bonds. The molecule has 0 saturated carbocycles. The van der Waals surface area contributed by atoms with Crippen molar-refractivity contribution < 1.29 is 0 Å². The third kappa shape index (κ3) is 3.19. The predicted molar refractivity (Wildman–Crippen MR) is 106 cm³/mol. The summed E-state index contributed by atoms with van der Waals surface area (Å²) >= 11 is 0. The molecule has 0 spiro atoms. The van der Waals surface area contributed by atoms with Gasteiger partial charge in [-0.25, -0.2) is 15.4 Å². The number of anilines is 1. The first-order chi connectivity index (χ1) is 12.7. The fourth-order valence-corrected chi connectivity index (χ4v) is 3.06. The lowest BCUT2D eigenvalue weighted by molar-refractivity contribution is 1.04. The Morgan fingerprint density at radius 3 is 2.38 bits per heavy atom. The third-order valence-corrected chi connectivity index (χ3v) is 4.15. The highest BCUT2D eigenvalue weighted by Gasteiger charge is 2.11. The van der Waals surface area contributed by atoms with Crippen LogP contribution in [-0.2, 0) is 0 Å². The highest BCUT2D eigenvalue weighted by atomic mass is 15.3. The van der Waals surface area contributed by atoms with E-state index in [2.05, 4.69) is 49.7 Å². The molecule has 128 valence electrons. The number of aromatic nitrogens is 3. The van der Waals surface area contributed by atoms with E-state index in [1.165, 1.54) is 0 Å². The van der Waals surface area contributed by atoms with Crippen LogP contribution < -0.4 is 5.43 Å². The fourth-order valence-electron chi connectivity index (χ4n) is 3.06. The molecular formula is C21H19N5. The van der Waals surface area contributed by atoms with E-state index in [1.807, 2.05) is 56.5 Å². The molecule has 2 heterocycles. The standard InChI is InChI=1S/C21H19N5/c1-14-12-15(2)24-21(23-14)26-22-13-18-17-10-6-7-11-19(17)25-20(18)16-8-4-3-5-9-16/h3-13,25H,1-2H3,(H,23,24,26)/b22-13+. The van der Waals surface area contributed by atoms with Crippen LogP contribution in [0.1, 0.15) is 17.0 Å². The van der Waals surface area contributed by atoms with Gasteiger partial charge in [-0.1, -0.05) is 48.5 Å². The fraction of sp³-hybridized carbons (Fsp3) is 0.0952. The summed E-state index contributed by atoms with van der Waals surface area (Å²) in [4.78, 5) is 12.2. The maximum absolute atomic E-state index is 4.38. The molecule has 0 fully saturated rings. The molecule has 0 unspecified atom stereocenters. The van der Waals surface area contributed by atoms with Gasteiger partial charge in [-0.05, 0) is 31.5 Å². The Bertz CT molecular complexity index is 1060. The van der Waals surface area contributed by atoms with Crippen LogP contribution in [0.25, 0.3) is 22.2 Å². The van der Waals surface area contributed by atoms with Crippen molar-refractivity contribution in [3.63, 3.8) is 0 Å². The van der Waals surface area contributed by atoms with E-state index < -0.39 is 0 Å². The van der Waals surface area contributed by atoms with Gasteiger partial charge in [0, 0.05) is 27.9 Å². The molecule has 0 aliphatic carbocycles. The molecule has 0 saturated heterocycles. The molecule has 0 aliphatic rings. The number of nitrogens with zero attached hydrogens (tertiary/aromatic N) is 3. The number of hydrazone groups is 1. The Morgan fingerprint density at radius 2 is 1.62 bits per heavy atom. The first-order valence-corrected chi connectivity index (χ1v) is 8.48. The summed E-state index contributed by atoms with van der Waals surface area (Å²) in [6, 6.07) is 20.4. The van der Waals surface area contributed by atoms with Crippen molar-refractivity contribution in [1.29, 1.82) is 0 Å². The van der Waals surface area contributed by atoms with E-state index in [4.69, 9.17) is 0 Å². The Balaban J connectivity index is 1.73. The number of hydrogen-bond acceptors (Lipinski definition) is 4. The van der Waals surface area contributed by atoms with E-state index in [-0.39, 0.29) is 0 Å². The van der Waals surface area contributed by atoms with E-state index in [9.17, 15) is 0 Å². The molecule has 0 bridgehead atoms. The molecule has 2 aromatic heterocycles. The first kappa shape index (κ1) is 16.0. The second-order valence-corrected chi connectivity index (χ2v) is 6.17. The SMILES string of the molecule is Cc1cc(C)nc(N/N=C/c2c(-c3ccccc3)[nH]c3ccccc23)n1. The number of para-hydroxylation sites is 1. The van der Waals surface area contributed by atoms with Gasteiger partial charge in [-0.2, -0.15) is 5.10 Å². The zero-order valence-electron chi connectivity index (χ0n) is 14.7. The number of aryl methyl sites for hydroxylation is 2. The van der Waals surface area contributed by atoms with Gasteiger partial charge >= 0.3 is 0 Å². The van der Waals surface area contributed by atoms with Crippen molar-refractivity contribution in [2.45, 2.75) is 13.8 Å². The minimum Gasteiger partial charge on any atom is -0.354 e. The zero-order valence-corrected chi connectivity index (χ0v) is 14.7. The third-order valence-electron chi connectivity index (χ3n) is 4.15. The van der Waals surface area contributed by atoms with Crippen molar-refractivity contribution in [3.05, 3.63) is 77.6 Å². The smallest absolute Gasteiger partial charge is 0.243 e. The molecule has 2 N–H and O–H groups in total. The molecule has 4 rings (SSSR count). The zero-order chi connectivity index (χ0) is 17.9. The Labute approximate surface area is 151 Å². The summed E-state index contributed by atoms with van der Waals surface area (Å²) in [5.41, 5.74) is 9.03. The normalized spacial score (nSPS) is 11.3. The van der Waals surface area contributed by atoms with Crippen LogP contribution in [0, 0.1) is 13.8 Å². The molecular weight excluding hydrogens is 322 g/mol. The summed E-state index contributed by atoms with van der Waals surface area (Å²) < 4.78 is 0. The van der Waals surface area contributed by atoms with Crippen LogP contribution in [0.2, 0.25) is 0 Å². The summed E-state index contributed by atoms with van der Waals surface area (Å²) in [5.74, 6) is 0.500. The first-order valence-electron chi connectivity index (χ1n) is 8.48. The van der Waals surface area contributed by atoms with Crippen molar-refractivity contribution in [1.82, 2.24) is 15.0 Å². The van der Waals surface area contributed by atoms with E-state index in [0.29, 0.717) is 5.95 Å². The van der Waals surface area contributed by atoms with Gasteiger partial charge in [0.05, 0.1) is 11.9 Å². The van der Waals surface area contributed by atoms with Crippen molar-refractivity contribution >= 4 is 23.1 Å². The second-order valence-electron chi connectivity index (χ2n) is 6.17. The quantitative estimate of drug-likeness (QED) is 0.418. The molecule has 0 aliphatic heterocycles. The minimum atomic E-state index is 0.500. The van der Waals surface area contributed by atoms with Crippen molar-refractivity contribution in [3.8, 4) is 11.3 Å². The average molecular weight is 341 g/mol. The molecule has 2 aromatic carbocycles. The van der Waals surface area contributed by atoms with Crippen LogP contribution in [-0.4, -0.2) is 21.2 Å². The summed E-state index contributed by atoms with van der Waals surface area (Å²) in [7, 11) is 0. The topological polar surface area (TPSA) is 66.0 Å². The number of fused-ring (bicyclic) bond motifs is 1. The van der Waals surface area contributed by atoms with Crippen molar-refractivity contribution in [2.75, 3.05) is 5.43 Å². The van der Waals surface area contributed by atoms with Gasteiger partial charge in [0.25, 0.3) is 0 Å². The molecule has 0 radical (unpaired) electrons. The number of benzene rings is 2. The lowest BCUT2D eigenvalue weighted by atomic mass is 10.1. The highest BCUT2D eigenvalue weighted by Crippen LogP contribution is 2.28. The maximum atomic E-state index is 4.38. The summed E-state index contributed by atoms with van der Waals surface area (Å²) in [5, 5.41) is 5.51. The Kier molecular flexibility index (Phi) is 4.19. The Hall–Kier alpha value is -3.47. The maximum Gasteiger partial charge on any atom is 0.243 e. The van der Waals surface area contributed by atoms with Crippen LogP contribution >= 0.6 is 0 Å². The lowest BCUT2D eigenvalue weighted by Crippen LogP contribution is -2.00. The van der Waals surface area contributed by atoms with Crippen LogP contribution in [0.4, 0.5) is 5.95 Å². The van der Waals surface area contributed by atoms with Crippen LogP contribution in [0.15, 0.2) is 65.8 Å². The number of H-pyrrole nitrogens is 1. The van der Waals surface area contributed by atoms with E-state index >= 15 is 0 Å². The molecule has 4 aromatic rings. The predicted octanol–water partition coefficient (Wildman–Crippen LogP) is 4.69. The van der Waals surface area contributed by atoms with Gasteiger partial charge in [0.15, 0.2) is 0 Å². The molecule has 5 nitrogen and oxygen atoms in total. The summed E-state index contributed by atoms with van der Waals surface area (Å²) in [6.45, 7) is 3.88. The molecule has 0 atom stereocenters.